The van der Waals surface area contributed by atoms with Crippen LogP contribution in [0.2, 0.25) is 0 Å². The van der Waals surface area contributed by atoms with E-state index < -0.39 is 11.2 Å². The summed E-state index contributed by atoms with van der Waals surface area (Å²) in [7, 11) is 0. The second-order valence-electron chi connectivity index (χ2n) is 12.1. The number of carbonyl (C=O) groups excluding carboxylic acids is 2. The van der Waals surface area contributed by atoms with E-state index in [4.69, 9.17) is 37.9 Å². The Kier molecular flexibility index (Phi) is 21.9. The molecule has 0 aliphatic carbocycles. The van der Waals surface area contributed by atoms with Gasteiger partial charge in [0, 0.05) is 19.6 Å². The van der Waals surface area contributed by atoms with Crippen molar-refractivity contribution in [2.75, 3.05) is 92.4 Å². The summed E-state index contributed by atoms with van der Waals surface area (Å²) in [5.41, 5.74) is 0.276. The van der Waals surface area contributed by atoms with E-state index in [1.165, 1.54) is 5.56 Å². The molecular weight excluding hydrogens is 570 g/mol. The van der Waals surface area contributed by atoms with Gasteiger partial charge in [0.1, 0.15) is 11.2 Å². The third-order valence-electron chi connectivity index (χ3n) is 5.58. The minimum Gasteiger partial charge on any atom is -0.460 e. The standard InChI is InChI=1S/C33H57NO10/c1-32(2,3)43-30(35)12-16-37-20-24-41-26-22-39-18-14-34(28-29-10-8-7-9-11-29)15-19-40-23-27-42-25-21-38-17-13-31(36)44-33(4,5)6/h7-11H,12-28H2,1-6H3. The molecule has 0 fully saturated rings. The van der Waals surface area contributed by atoms with Crippen LogP contribution >= 0.6 is 0 Å². The Morgan fingerprint density at radius 1 is 0.523 bits per heavy atom. The smallest absolute Gasteiger partial charge is 0.308 e. The van der Waals surface area contributed by atoms with E-state index in [1.807, 2.05) is 59.7 Å². The molecule has 1 aromatic rings. The van der Waals surface area contributed by atoms with Gasteiger partial charge in [-0.15, -0.1) is 0 Å². The van der Waals surface area contributed by atoms with Gasteiger partial charge in [-0.05, 0) is 47.1 Å². The molecule has 11 heteroatoms. The molecule has 0 amide bonds. The molecule has 254 valence electrons. The highest BCUT2D eigenvalue weighted by atomic mass is 16.6. The van der Waals surface area contributed by atoms with Gasteiger partial charge in [-0.1, -0.05) is 30.3 Å². The van der Waals surface area contributed by atoms with Crippen LogP contribution in [0.1, 0.15) is 59.9 Å². The zero-order valence-electron chi connectivity index (χ0n) is 27.9. The maximum Gasteiger partial charge on any atom is 0.308 e. The largest absolute Gasteiger partial charge is 0.460 e. The molecular formula is C33H57NO10. The van der Waals surface area contributed by atoms with Gasteiger partial charge in [0.25, 0.3) is 0 Å². The van der Waals surface area contributed by atoms with E-state index in [9.17, 15) is 9.59 Å². The molecule has 0 atom stereocenters. The summed E-state index contributed by atoms with van der Waals surface area (Å²) in [6.07, 6.45) is 0.460. The Labute approximate surface area is 264 Å². The van der Waals surface area contributed by atoms with Crippen LogP contribution in [0.4, 0.5) is 0 Å². The summed E-state index contributed by atoms with van der Waals surface area (Å²) in [6, 6.07) is 10.3. The average molecular weight is 628 g/mol. The first-order valence-corrected chi connectivity index (χ1v) is 15.6. The number of hydrogen-bond donors (Lipinski definition) is 0. The third kappa shape index (κ3) is 26.3. The fraction of sp³-hybridized carbons (Fsp3) is 0.758. The van der Waals surface area contributed by atoms with Crippen LogP contribution in [0.25, 0.3) is 0 Å². The quantitative estimate of drug-likeness (QED) is 0.110. The minimum absolute atomic E-state index is 0.230. The first-order chi connectivity index (χ1) is 20.9. The number of nitrogens with zero attached hydrogens (tertiary/aromatic N) is 1. The topological polar surface area (TPSA) is 111 Å². The van der Waals surface area contributed by atoms with Gasteiger partial charge < -0.3 is 37.9 Å². The van der Waals surface area contributed by atoms with Crippen molar-refractivity contribution < 1.29 is 47.5 Å². The van der Waals surface area contributed by atoms with Crippen LogP contribution in [0.3, 0.4) is 0 Å². The van der Waals surface area contributed by atoms with E-state index in [2.05, 4.69) is 17.0 Å². The van der Waals surface area contributed by atoms with Crippen molar-refractivity contribution in [1.82, 2.24) is 4.90 Å². The van der Waals surface area contributed by atoms with E-state index in [-0.39, 0.29) is 24.8 Å². The molecule has 0 aliphatic heterocycles. The average Bonchev–Trinajstić information content (AvgIpc) is 2.93. The predicted octanol–water partition coefficient (Wildman–Crippen LogP) is 4.05. The number of rotatable bonds is 26. The van der Waals surface area contributed by atoms with Gasteiger partial charge in [0.05, 0.1) is 92.1 Å². The lowest BCUT2D eigenvalue weighted by molar-refractivity contribution is -0.157. The minimum atomic E-state index is -0.479. The molecule has 0 aliphatic rings. The summed E-state index contributed by atoms with van der Waals surface area (Å²) >= 11 is 0. The van der Waals surface area contributed by atoms with Gasteiger partial charge >= 0.3 is 11.9 Å². The second kappa shape index (κ2) is 24.2. The highest BCUT2D eigenvalue weighted by Crippen LogP contribution is 2.09. The Hall–Kier alpha value is -2.12. The van der Waals surface area contributed by atoms with Gasteiger partial charge in [-0.25, -0.2) is 0 Å². The van der Waals surface area contributed by atoms with Gasteiger partial charge in [0.15, 0.2) is 0 Å². The van der Waals surface area contributed by atoms with E-state index in [0.29, 0.717) is 79.3 Å². The molecule has 1 rings (SSSR count). The van der Waals surface area contributed by atoms with E-state index >= 15 is 0 Å². The van der Waals surface area contributed by atoms with Crippen molar-refractivity contribution in [2.45, 2.75) is 72.1 Å². The molecule has 0 N–H and O–H groups in total. The predicted molar refractivity (Wildman–Crippen MR) is 168 cm³/mol. The van der Waals surface area contributed by atoms with Crippen LogP contribution in [-0.4, -0.2) is 120 Å². The van der Waals surface area contributed by atoms with Crippen LogP contribution in [0.15, 0.2) is 30.3 Å². The Morgan fingerprint density at radius 3 is 1.23 bits per heavy atom. The second-order valence-corrected chi connectivity index (χ2v) is 12.1. The fourth-order valence-electron chi connectivity index (χ4n) is 3.68. The summed E-state index contributed by atoms with van der Waals surface area (Å²) in [4.78, 5) is 25.6. The van der Waals surface area contributed by atoms with Crippen LogP contribution in [0, 0.1) is 0 Å². The Bertz CT molecular complexity index is 804. The maximum absolute atomic E-state index is 11.7. The molecule has 1 aromatic carbocycles. The first kappa shape index (κ1) is 39.9. The summed E-state index contributed by atoms with van der Waals surface area (Å²) in [5, 5.41) is 0. The fourth-order valence-corrected chi connectivity index (χ4v) is 3.68. The molecule has 0 aromatic heterocycles. The Balaban J connectivity index is 2.08. The molecule has 0 spiro atoms. The Morgan fingerprint density at radius 2 is 0.864 bits per heavy atom. The normalized spacial score (nSPS) is 12.1. The highest BCUT2D eigenvalue weighted by Gasteiger charge is 2.16. The SMILES string of the molecule is CC(C)(C)OC(=O)CCOCCOCCOCCN(CCOCCOCCOCCC(=O)OC(C)(C)C)Cc1ccccc1. The molecule has 11 nitrogen and oxygen atoms in total. The van der Waals surface area contributed by atoms with Crippen molar-refractivity contribution in [2.24, 2.45) is 0 Å². The lowest BCUT2D eigenvalue weighted by atomic mass is 10.2. The van der Waals surface area contributed by atoms with Crippen molar-refractivity contribution in [3.63, 3.8) is 0 Å². The van der Waals surface area contributed by atoms with Gasteiger partial charge in [-0.2, -0.15) is 0 Å². The number of benzene rings is 1. The lowest BCUT2D eigenvalue weighted by Crippen LogP contribution is -2.31. The highest BCUT2D eigenvalue weighted by molar-refractivity contribution is 5.70. The summed E-state index contributed by atoms with van der Waals surface area (Å²) < 4.78 is 44.0. The van der Waals surface area contributed by atoms with Crippen molar-refractivity contribution >= 4 is 11.9 Å². The van der Waals surface area contributed by atoms with Crippen molar-refractivity contribution in [1.29, 1.82) is 0 Å². The van der Waals surface area contributed by atoms with E-state index in [0.717, 1.165) is 19.6 Å². The molecule has 0 saturated carbocycles. The number of ether oxygens (including phenoxy) is 8. The lowest BCUT2D eigenvalue weighted by Gasteiger charge is -2.22. The van der Waals surface area contributed by atoms with Crippen molar-refractivity contribution in [3.05, 3.63) is 35.9 Å². The number of esters is 2. The zero-order valence-corrected chi connectivity index (χ0v) is 27.9. The van der Waals surface area contributed by atoms with Crippen LogP contribution in [-0.2, 0) is 54.0 Å². The maximum atomic E-state index is 11.7. The molecule has 0 heterocycles. The molecule has 0 radical (unpaired) electrons. The third-order valence-corrected chi connectivity index (χ3v) is 5.58. The van der Waals surface area contributed by atoms with Crippen LogP contribution in [0.5, 0.6) is 0 Å². The summed E-state index contributed by atoms with van der Waals surface area (Å²) in [5.74, 6) is -0.526. The molecule has 0 bridgehead atoms. The number of carbonyl (C=O) groups is 2. The zero-order chi connectivity index (χ0) is 32.5. The van der Waals surface area contributed by atoms with Crippen LogP contribution < -0.4 is 0 Å². The van der Waals surface area contributed by atoms with E-state index in [1.54, 1.807) is 0 Å². The van der Waals surface area contributed by atoms with Gasteiger partial charge in [0.2, 0.25) is 0 Å². The molecule has 0 saturated heterocycles. The monoisotopic (exact) mass is 627 g/mol. The molecule has 44 heavy (non-hydrogen) atoms. The number of hydrogen-bond acceptors (Lipinski definition) is 11. The van der Waals surface area contributed by atoms with Gasteiger partial charge in [-0.3, -0.25) is 14.5 Å². The molecule has 0 unspecified atom stereocenters. The van der Waals surface area contributed by atoms with Crippen molar-refractivity contribution in [3.8, 4) is 0 Å². The summed E-state index contributed by atoms with van der Waals surface area (Å²) in [6.45, 7) is 18.9. The first-order valence-electron chi connectivity index (χ1n) is 15.6.